The molecule has 2 aromatic rings. The predicted molar refractivity (Wildman–Crippen MR) is 82.1 cm³/mol. The first-order valence-electron chi connectivity index (χ1n) is 6.19. The van der Waals surface area contributed by atoms with Crippen molar-refractivity contribution in [3.63, 3.8) is 0 Å². The zero-order chi connectivity index (χ0) is 14.7. The van der Waals surface area contributed by atoms with Crippen LogP contribution in [0.25, 0.3) is 0 Å². The summed E-state index contributed by atoms with van der Waals surface area (Å²) in [5, 5.41) is 0. The van der Waals surface area contributed by atoms with Crippen molar-refractivity contribution >= 4 is 27.5 Å². The predicted octanol–water partition coefficient (Wildman–Crippen LogP) is 5.64. The van der Waals surface area contributed by atoms with Crippen molar-refractivity contribution in [1.82, 2.24) is 4.98 Å². The van der Waals surface area contributed by atoms with E-state index >= 15 is 0 Å². The molecule has 2 rings (SSSR count). The normalized spacial score (nSPS) is 10.9. The van der Waals surface area contributed by atoms with Gasteiger partial charge in [-0.05, 0) is 35.7 Å². The molecule has 0 amide bonds. The van der Waals surface area contributed by atoms with Crippen LogP contribution in [0.1, 0.15) is 30.9 Å². The van der Waals surface area contributed by atoms with Crippen LogP contribution in [0.4, 0.5) is 4.39 Å². The van der Waals surface area contributed by atoms with Crippen molar-refractivity contribution < 1.29 is 9.13 Å². The molecule has 0 unspecified atom stereocenters. The highest BCUT2D eigenvalue weighted by molar-refractivity contribution is 9.10. The Morgan fingerprint density at radius 2 is 2.10 bits per heavy atom. The zero-order valence-electron chi connectivity index (χ0n) is 11.2. The molecule has 0 aliphatic heterocycles. The molecule has 0 spiro atoms. The molecule has 2 nitrogen and oxygen atoms in total. The monoisotopic (exact) mass is 357 g/mol. The van der Waals surface area contributed by atoms with Gasteiger partial charge in [0.25, 0.3) is 0 Å². The molecule has 0 N–H and O–H groups in total. The van der Waals surface area contributed by atoms with Gasteiger partial charge in [0.15, 0.2) is 0 Å². The van der Waals surface area contributed by atoms with Crippen LogP contribution in [-0.2, 0) is 5.88 Å². The van der Waals surface area contributed by atoms with Gasteiger partial charge in [-0.3, -0.25) is 0 Å². The van der Waals surface area contributed by atoms with E-state index in [4.69, 9.17) is 16.3 Å². The van der Waals surface area contributed by atoms with Crippen molar-refractivity contribution in [2.24, 2.45) is 0 Å². The van der Waals surface area contributed by atoms with E-state index in [1.165, 1.54) is 6.07 Å². The smallest absolute Gasteiger partial charge is 0.223 e. The van der Waals surface area contributed by atoms with E-state index in [1.807, 2.05) is 18.2 Å². The molecule has 106 valence electrons. The van der Waals surface area contributed by atoms with Crippen molar-refractivity contribution in [2.45, 2.75) is 25.6 Å². The number of alkyl halides is 1. The number of aromatic nitrogens is 1. The molecule has 1 heterocycles. The van der Waals surface area contributed by atoms with E-state index < -0.39 is 5.82 Å². The minimum atomic E-state index is -0.423. The van der Waals surface area contributed by atoms with Crippen molar-refractivity contribution in [1.29, 1.82) is 0 Å². The van der Waals surface area contributed by atoms with Crippen LogP contribution in [-0.4, -0.2) is 4.98 Å². The summed E-state index contributed by atoms with van der Waals surface area (Å²) in [6.07, 6.45) is 1.12. The van der Waals surface area contributed by atoms with Crippen LogP contribution in [0.15, 0.2) is 34.9 Å². The first-order chi connectivity index (χ1) is 9.51. The lowest BCUT2D eigenvalue weighted by Gasteiger charge is -2.15. The molecule has 0 radical (unpaired) electrons. The SMILES string of the molecule is CC(C)c1cc(Br)ccc1Oc1ncc(F)cc1CCl. The van der Waals surface area contributed by atoms with Crippen LogP contribution in [0.3, 0.4) is 0 Å². The van der Waals surface area contributed by atoms with Gasteiger partial charge in [-0.15, -0.1) is 11.6 Å². The Balaban J connectivity index is 2.39. The molecule has 0 saturated carbocycles. The molecule has 0 saturated heterocycles. The van der Waals surface area contributed by atoms with Crippen LogP contribution in [0, 0.1) is 5.82 Å². The summed E-state index contributed by atoms with van der Waals surface area (Å²) in [6.45, 7) is 4.16. The summed E-state index contributed by atoms with van der Waals surface area (Å²) in [4.78, 5) is 3.97. The average molecular weight is 359 g/mol. The number of hydrogen-bond acceptors (Lipinski definition) is 2. The molecule has 1 aromatic heterocycles. The molecule has 0 atom stereocenters. The fourth-order valence-electron chi connectivity index (χ4n) is 1.82. The van der Waals surface area contributed by atoms with E-state index in [0.29, 0.717) is 23.1 Å². The summed E-state index contributed by atoms with van der Waals surface area (Å²) in [5.74, 6) is 1.06. The Hall–Kier alpha value is -1.13. The lowest BCUT2D eigenvalue weighted by molar-refractivity contribution is 0.446. The van der Waals surface area contributed by atoms with E-state index in [0.717, 1.165) is 16.2 Å². The van der Waals surface area contributed by atoms with Crippen LogP contribution < -0.4 is 4.74 Å². The first kappa shape index (κ1) is 15.3. The maximum Gasteiger partial charge on any atom is 0.223 e. The average Bonchev–Trinajstić information content (AvgIpc) is 2.42. The number of rotatable bonds is 4. The van der Waals surface area contributed by atoms with Gasteiger partial charge in [0.05, 0.1) is 12.1 Å². The molecule has 1 aromatic carbocycles. The molecule has 0 aliphatic rings. The highest BCUT2D eigenvalue weighted by Gasteiger charge is 2.13. The third kappa shape index (κ3) is 3.49. The molecule has 0 aliphatic carbocycles. The first-order valence-corrected chi connectivity index (χ1v) is 7.51. The second-order valence-electron chi connectivity index (χ2n) is 4.69. The Labute approximate surface area is 131 Å². The minimum Gasteiger partial charge on any atom is -0.438 e. The second kappa shape index (κ2) is 6.55. The van der Waals surface area contributed by atoms with Crippen molar-refractivity contribution in [2.75, 3.05) is 0 Å². The summed E-state index contributed by atoms with van der Waals surface area (Å²) in [7, 11) is 0. The van der Waals surface area contributed by atoms with Crippen LogP contribution in [0.2, 0.25) is 0 Å². The number of hydrogen-bond donors (Lipinski definition) is 0. The molecule has 0 fully saturated rings. The van der Waals surface area contributed by atoms with E-state index in [1.54, 1.807) is 0 Å². The Morgan fingerprint density at radius 3 is 2.75 bits per heavy atom. The fourth-order valence-corrected chi connectivity index (χ4v) is 2.39. The van der Waals surface area contributed by atoms with Crippen LogP contribution >= 0.6 is 27.5 Å². The van der Waals surface area contributed by atoms with Gasteiger partial charge >= 0.3 is 0 Å². The molecule has 5 heteroatoms. The molecular formula is C15H14BrClFNO. The summed E-state index contributed by atoms with van der Waals surface area (Å²) in [5.41, 5.74) is 1.58. The fraction of sp³-hybridized carbons (Fsp3) is 0.267. The van der Waals surface area contributed by atoms with E-state index in [9.17, 15) is 4.39 Å². The number of pyridine rings is 1. The van der Waals surface area contributed by atoms with Crippen molar-refractivity contribution in [3.8, 4) is 11.6 Å². The summed E-state index contributed by atoms with van der Waals surface area (Å²) in [6, 6.07) is 7.10. The van der Waals surface area contributed by atoms with E-state index in [-0.39, 0.29) is 5.88 Å². The highest BCUT2D eigenvalue weighted by atomic mass is 79.9. The Bertz CT molecular complexity index is 619. The lowest BCUT2D eigenvalue weighted by Crippen LogP contribution is -1.98. The van der Waals surface area contributed by atoms with E-state index in [2.05, 4.69) is 34.8 Å². The molecular weight excluding hydrogens is 345 g/mol. The molecule has 20 heavy (non-hydrogen) atoms. The number of ether oxygens (including phenoxy) is 1. The van der Waals surface area contributed by atoms with Gasteiger partial charge < -0.3 is 4.74 Å². The summed E-state index contributed by atoms with van der Waals surface area (Å²) < 4.78 is 20.0. The topological polar surface area (TPSA) is 22.1 Å². The van der Waals surface area contributed by atoms with Gasteiger partial charge in [0.2, 0.25) is 5.88 Å². The third-order valence-electron chi connectivity index (χ3n) is 2.84. The highest BCUT2D eigenvalue weighted by Crippen LogP contribution is 2.33. The van der Waals surface area contributed by atoms with Crippen LogP contribution in [0.5, 0.6) is 11.6 Å². The Kier molecular flexibility index (Phi) is 5.00. The Morgan fingerprint density at radius 1 is 1.35 bits per heavy atom. The minimum absolute atomic E-state index is 0.146. The maximum absolute atomic E-state index is 13.2. The third-order valence-corrected chi connectivity index (χ3v) is 3.62. The number of nitrogens with zero attached hydrogens (tertiary/aromatic N) is 1. The van der Waals surface area contributed by atoms with Gasteiger partial charge in [-0.25, -0.2) is 9.37 Å². The summed E-state index contributed by atoms with van der Waals surface area (Å²) >= 11 is 9.25. The number of benzene rings is 1. The van der Waals surface area contributed by atoms with Gasteiger partial charge in [-0.2, -0.15) is 0 Å². The second-order valence-corrected chi connectivity index (χ2v) is 5.87. The van der Waals surface area contributed by atoms with Gasteiger partial charge in [0, 0.05) is 10.0 Å². The molecule has 0 bridgehead atoms. The number of halogens is 3. The maximum atomic E-state index is 13.2. The standard InChI is InChI=1S/C15H14BrClFNO/c1-9(2)13-6-11(16)3-4-14(13)20-15-10(7-17)5-12(18)8-19-15/h3-6,8-9H,7H2,1-2H3. The van der Waals surface area contributed by atoms with Gasteiger partial charge in [-0.1, -0.05) is 29.8 Å². The quantitative estimate of drug-likeness (QED) is 0.660. The zero-order valence-corrected chi connectivity index (χ0v) is 13.5. The lowest BCUT2D eigenvalue weighted by atomic mass is 10.0. The van der Waals surface area contributed by atoms with Crippen molar-refractivity contribution in [3.05, 3.63) is 51.9 Å². The largest absolute Gasteiger partial charge is 0.438 e. The van der Waals surface area contributed by atoms with Gasteiger partial charge in [0.1, 0.15) is 11.6 Å².